The van der Waals surface area contributed by atoms with Crippen LogP contribution >= 0.6 is 0 Å². The highest BCUT2D eigenvalue weighted by Crippen LogP contribution is 2.28. The Morgan fingerprint density at radius 2 is 1.98 bits per heavy atom. The summed E-state index contributed by atoms with van der Waals surface area (Å²) >= 11 is 0. The molecule has 3 aromatic heterocycles. The van der Waals surface area contributed by atoms with E-state index in [1.807, 2.05) is 15.9 Å². The molecule has 41 heavy (non-hydrogen) atoms. The Kier molecular flexibility index (Phi) is 9.33. The average Bonchev–Trinajstić information content (AvgIpc) is 3.41. The highest BCUT2D eigenvalue weighted by atomic mass is 19.1. The maximum atomic E-state index is 13.9. The van der Waals surface area contributed by atoms with Crippen LogP contribution in [-0.4, -0.2) is 80.8 Å². The number of amides is 1. The van der Waals surface area contributed by atoms with Crippen LogP contribution in [0.3, 0.4) is 0 Å². The van der Waals surface area contributed by atoms with Gasteiger partial charge < -0.3 is 20.6 Å². The van der Waals surface area contributed by atoms with Gasteiger partial charge in [-0.25, -0.2) is 24.3 Å². The van der Waals surface area contributed by atoms with E-state index in [0.717, 1.165) is 24.0 Å². The molecule has 3 N–H and O–H groups in total. The fraction of sp³-hybridized carbons (Fsp3) is 0.433. The molecule has 11 heteroatoms. The summed E-state index contributed by atoms with van der Waals surface area (Å²) < 4.78 is 13.9. The van der Waals surface area contributed by atoms with E-state index in [9.17, 15) is 14.3 Å². The molecule has 2 fully saturated rings. The van der Waals surface area contributed by atoms with Crippen molar-refractivity contribution in [2.24, 2.45) is 0 Å². The lowest BCUT2D eigenvalue weighted by molar-refractivity contribution is -0.117. The Balaban J connectivity index is 1.24. The van der Waals surface area contributed by atoms with Crippen molar-refractivity contribution in [3.8, 4) is 23.1 Å². The number of aliphatic hydroxyl groups is 1. The van der Waals surface area contributed by atoms with E-state index < -0.39 is 6.17 Å². The Labute approximate surface area is 239 Å². The first-order chi connectivity index (χ1) is 20.0. The standard InChI is InChI=1S/C30H35FN8O2/c1-2-3-4-5-21-16-22(17-34-29(21)39-15-9-23(31)19-39)26-8-12-32-30(36-26)35-24-6-7-27(33-18-24)37-28(41)20-38-13-10-25(40)11-14-38/h6-8,12,16-18,23,25,40H,2-3,9-11,13-15,19-20H2,1H3,(H,32,35,36)(H,33,37,41). The number of pyridine rings is 2. The summed E-state index contributed by atoms with van der Waals surface area (Å²) in [5.74, 6) is 7.82. The van der Waals surface area contributed by atoms with Gasteiger partial charge in [0.1, 0.15) is 17.8 Å². The first kappa shape index (κ1) is 28.4. The maximum absolute atomic E-state index is 13.9. The zero-order valence-corrected chi connectivity index (χ0v) is 23.2. The Morgan fingerprint density at radius 3 is 2.71 bits per heavy atom. The molecular weight excluding hydrogens is 523 g/mol. The van der Waals surface area contributed by atoms with Crippen LogP contribution in [0.5, 0.6) is 0 Å². The van der Waals surface area contributed by atoms with Gasteiger partial charge in [-0.3, -0.25) is 9.69 Å². The fourth-order valence-corrected chi connectivity index (χ4v) is 4.85. The number of nitrogens with one attached hydrogen (secondary N) is 2. The van der Waals surface area contributed by atoms with Crippen molar-refractivity contribution in [1.29, 1.82) is 0 Å². The molecule has 0 bridgehead atoms. The van der Waals surface area contributed by atoms with Gasteiger partial charge in [0.2, 0.25) is 11.9 Å². The van der Waals surface area contributed by atoms with Gasteiger partial charge in [0, 0.05) is 44.0 Å². The SMILES string of the molecule is CCCC#Cc1cc(-c2ccnc(Nc3ccc(NC(=O)CN4CCC(O)CC4)nc3)n2)cnc1N1CCC(F)C1. The molecule has 1 atom stereocenters. The molecule has 0 radical (unpaired) electrons. The predicted molar refractivity (Wildman–Crippen MR) is 157 cm³/mol. The summed E-state index contributed by atoms with van der Waals surface area (Å²) in [6.45, 7) is 4.71. The smallest absolute Gasteiger partial charge is 0.239 e. The number of halogens is 1. The van der Waals surface area contributed by atoms with Crippen LogP contribution in [0.25, 0.3) is 11.3 Å². The topological polar surface area (TPSA) is 119 Å². The van der Waals surface area contributed by atoms with Gasteiger partial charge in [-0.1, -0.05) is 18.8 Å². The number of aromatic nitrogens is 4. The molecule has 2 aliphatic heterocycles. The second-order valence-corrected chi connectivity index (χ2v) is 10.4. The van der Waals surface area contributed by atoms with E-state index in [1.54, 1.807) is 36.8 Å². The molecule has 2 saturated heterocycles. The summed E-state index contributed by atoms with van der Waals surface area (Å²) in [6.07, 6.45) is 7.49. The summed E-state index contributed by atoms with van der Waals surface area (Å²) in [5, 5.41) is 15.6. The van der Waals surface area contributed by atoms with E-state index >= 15 is 0 Å². The highest BCUT2D eigenvalue weighted by molar-refractivity contribution is 5.91. The van der Waals surface area contributed by atoms with Gasteiger partial charge in [-0.05, 0) is 49.9 Å². The Bertz CT molecular complexity index is 1400. The van der Waals surface area contributed by atoms with Crippen LogP contribution < -0.4 is 15.5 Å². The van der Waals surface area contributed by atoms with Crippen molar-refractivity contribution in [3.05, 3.63) is 48.4 Å². The molecule has 0 aliphatic carbocycles. The second kappa shape index (κ2) is 13.5. The molecule has 1 unspecified atom stereocenters. The number of unbranched alkanes of at least 4 members (excludes halogenated alkanes) is 1. The van der Waals surface area contributed by atoms with E-state index in [1.165, 1.54) is 0 Å². The minimum Gasteiger partial charge on any atom is -0.393 e. The van der Waals surface area contributed by atoms with Crippen molar-refractivity contribution >= 4 is 29.2 Å². The normalized spacial score (nSPS) is 17.6. The zero-order chi connectivity index (χ0) is 28.6. The minimum atomic E-state index is -0.848. The van der Waals surface area contributed by atoms with Gasteiger partial charge >= 0.3 is 0 Å². The molecule has 5 rings (SSSR count). The number of hydrogen-bond acceptors (Lipinski definition) is 9. The number of piperidine rings is 1. The van der Waals surface area contributed by atoms with Crippen molar-refractivity contribution in [3.63, 3.8) is 0 Å². The molecule has 0 aromatic carbocycles. The van der Waals surface area contributed by atoms with Crippen LogP contribution in [-0.2, 0) is 4.79 Å². The van der Waals surface area contributed by atoms with E-state index in [2.05, 4.69) is 49.3 Å². The number of aliphatic hydroxyl groups excluding tert-OH is 1. The van der Waals surface area contributed by atoms with Gasteiger partial charge in [0.15, 0.2) is 0 Å². The Hall–Kier alpha value is -4.14. The van der Waals surface area contributed by atoms with Crippen molar-refractivity contribution < 1.29 is 14.3 Å². The van der Waals surface area contributed by atoms with Crippen molar-refractivity contribution in [2.45, 2.75) is 51.3 Å². The summed E-state index contributed by atoms with van der Waals surface area (Å²) in [5.41, 5.74) is 2.89. The van der Waals surface area contributed by atoms with Crippen molar-refractivity contribution in [2.75, 3.05) is 48.3 Å². The molecule has 2 aliphatic rings. The van der Waals surface area contributed by atoms with Crippen LogP contribution in [0, 0.1) is 11.8 Å². The second-order valence-electron chi connectivity index (χ2n) is 10.4. The quantitative estimate of drug-likeness (QED) is 0.355. The first-order valence-electron chi connectivity index (χ1n) is 14.1. The zero-order valence-electron chi connectivity index (χ0n) is 23.2. The lowest BCUT2D eigenvalue weighted by atomic mass is 10.1. The molecule has 5 heterocycles. The number of carbonyl (C=O) groups excluding carboxylic acids is 1. The monoisotopic (exact) mass is 558 g/mol. The highest BCUT2D eigenvalue weighted by Gasteiger charge is 2.25. The number of likely N-dealkylation sites (tertiary alicyclic amines) is 1. The third kappa shape index (κ3) is 7.74. The van der Waals surface area contributed by atoms with Gasteiger partial charge in [0.05, 0.1) is 42.3 Å². The number of carbonyl (C=O) groups is 1. The predicted octanol–water partition coefficient (Wildman–Crippen LogP) is 3.77. The first-order valence-corrected chi connectivity index (χ1v) is 14.1. The van der Waals surface area contributed by atoms with Crippen LogP contribution in [0.2, 0.25) is 0 Å². The van der Waals surface area contributed by atoms with E-state index in [-0.39, 0.29) is 18.6 Å². The number of hydrogen-bond donors (Lipinski definition) is 3. The van der Waals surface area contributed by atoms with Crippen molar-refractivity contribution in [1.82, 2.24) is 24.8 Å². The lowest BCUT2D eigenvalue weighted by Gasteiger charge is -2.28. The molecule has 0 saturated carbocycles. The number of alkyl halides is 1. The largest absolute Gasteiger partial charge is 0.393 e. The van der Waals surface area contributed by atoms with Gasteiger partial charge in [-0.15, -0.1) is 0 Å². The van der Waals surface area contributed by atoms with Crippen LogP contribution in [0.1, 0.15) is 44.6 Å². The summed E-state index contributed by atoms with van der Waals surface area (Å²) in [7, 11) is 0. The lowest BCUT2D eigenvalue weighted by Crippen LogP contribution is -2.40. The average molecular weight is 559 g/mol. The fourth-order valence-electron chi connectivity index (χ4n) is 4.85. The number of rotatable bonds is 8. The number of nitrogens with zero attached hydrogens (tertiary/aromatic N) is 6. The van der Waals surface area contributed by atoms with Crippen LogP contribution in [0.4, 0.5) is 27.7 Å². The summed E-state index contributed by atoms with van der Waals surface area (Å²) in [4.78, 5) is 34.3. The van der Waals surface area contributed by atoms with E-state index in [4.69, 9.17) is 0 Å². The van der Waals surface area contributed by atoms with Gasteiger partial charge in [-0.2, -0.15) is 0 Å². The molecule has 10 nitrogen and oxygen atoms in total. The van der Waals surface area contributed by atoms with Crippen LogP contribution in [0.15, 0.2) is 42.9 Å². The molecule has 1 amide bonds. The molecule has 214 valence electrons. The molecule has 0 spiro atoms. The Morgan fingerprint density at radius 1 is 1.12 bits per heavy atom. The maximum Gasteiger partial charge on any atom is 0.239 e. The van der Waals surface area contributed by atoms with E-state index in [0.29, 0.717) is 74.4 Å². The molecular formula is C30H35FN8O2. The van der Waals surface area contributed by atoms with Gasteiger partial charge in [0.25, 0.3) is 0 Å². The molecule has 3 aromatic rings. The number of anilines is 4. The third-order valence-electron chi connectivity index (χ3n) is 7.06. The summed E-state index contributed by atoms with van der Waals surface area (Å²) in [6, 6.07) is 7.27. The minimum absolute atomic E-state index is 0.141. The third-order valence-corrected chi connectivity index (χ3v) is 7.06.